The first-order valence-electron chi connectivity index (χ1n) is 9.41. The molecule has 3 aliphatic rings. The highest BCUT2D eigenvalue weighted by Crippen LogP contribution is 2.37. The predicted octanol–water partition coefficient (Wildman–Crippen LogP) is 2.08. The Hall–Kier alpha value is -3.01. The molecule has 0 saturated carbocycles. The summed E-state index contributed by atoms with van der Waals surface area (Å²) in [4.78, 5) is 17.6. The molecule has 3 fully saturated rings. The number of hydrogen-bond acceptors (Lipinski definition) is 8. The molecule has 2 atom stereocenters. The van der Waals surface area contributed by atoms with Crippen molar-refractivity contribution in [3.63, 3.8) is 0 Å². The molecule has 0 aromatic carbocycles. The molecule has 10 heteroatoms. The van der Waals surface area contributed by atoms with Crippen molar-refractivity contribution < 1.29 is 18.3 Å². The van der Waals surface area contributed by atoms with Gasteiger partial charge in [-0.25, -0.2) is 9.97 Å². The predicted molar refractivity (Wildman–Crippen MR) is 103 cm³/mol. The quantitative estimate of drug-likeness (QED) is 0.761. The second kappa shape index (κ2) is 6.80. The van der Waals surface area contributed by atoms with Crippen LogP contribution in [0.4, 0.5) is 26.4 Å². The average molecular weight is 402 g/mol. The van der Waals surface area contributed by atoms with E-state index in [1.54, 1.807) is 0 Å². The van der Waals surface area contributed by atoms with Gasteiger partial charge in [-0.3, -0.25) is 0 Å². The average Bonchev–Trinajstić information content (AvgIpc) is 3.16. The van der Waals surface area contributed by atoms with Gasteiger partial charge in [0.25, 0.3) is 0 Å². The van der Waals surface area contributed by atoms with Gasteiger partial charge in [0.2, 0.25) is 5.95 Å². The maximum absolute atomic E-state index is 12.7. The first-order valence-corrected chi connectivity index (χ1v) is 9.41. The van der Waals surface area contributed by atoms with Crippen LogP contribution >= 0.6 is 0 Å². The highest BCUT2D eigenvalue weighted by atomic mass is 19.3. The van der Waals surface area contributed by atoms with Gasteiger partial charge in [0.15, 0.2) is 11.6 Å². The number of hydrogen-bond donors (Lipinski definition) is 1. The van der Waals surface area contributed by atoms with Crippen molar-refractivity contribution in [2.45, 2.75) is 25.2 Å². The summed E-state index contributed by atoms with van der Waals surface area (Å²) in [5, 5.41) is 0. The van der Waals surface area contributed by atoms with E-state index in [-0.39, 0.29) is 23.7 Å². The van der Waals surface area contributed by atoms with Gasteiger partial charge in [0, 0.05) is 30.9 Å². The van der Waals surface area contributed by atoms with Gasteiger partial charge in [0.05, 0.1) is 31.0 Å². The molecule has 0 radical (unpaired) electrons. The van der Waals surface area contributed by atoms with Crippen LogP contribution < -0.4 is 20.3 Å². The summed E-state index contributed by atoms with van der Waals surface area (Å²) in [6.45, 7) is 4.17. The minimum atomic E-state index is -2.99. The monoisotopic (exact) mass is 402 g/mol. The fourth-order valence-electron chi connectivity index (χ4n) is 3.82. The summed E-state index contributed by atoms with van der Waals surface area (Å²) >= 11 is 0. The zero-order valence-corrected chi connectivity index (χ0v) is 15.6. The minimum Gasteiger partial charge on any atom is -0.431 e. The van der Waals surface area contributed by atoms with Crippen molar-refractivity contribution >= 4 is 17.6 Å². The first kappa shape index (κ1) is 18.0. The van der Waals surface area contributed by atoms with Crippen LogP contribution in [-0.2, 0) is 4.74 Å². The molecule has 5 rings (SSSR count). The summed E-state index contributed by atoms with van der Waals surface area (Å²) in [5.74, 6) is 1.08. The third kappa shape index (κ3) is 3.13. The lowest BCUT2D eigenvalue weighted by Crippen LogP contribution is -2.40. The number of nitrogen functional groups attached to an aromatic ring is 1. The van der Waals surface area contributed by atoms with Crippen LogP contribution in [0.2, 0.25) is 0 Å². The SMILES string of the molecule is C=C1[C@H]2CO[C@@H]1CN2c1cc(-c2cnc(N)c(OC(F)F)c2)nc(N2CCC2)n1. The second-order valence-corrected chi connectivity index (χ2v) is 7.30. The molecule has 2 bridgehead atoms. The van der Waals surface area contributed by atoms with Crippen molar-refractivity contribution in [2.24, 2.45) is 0 Å². The summed E-state index contributed by atoms with van der Waals surface area (Å²) in [7, 11) is 0. The number of fused-ring (bicyclic) bond motifs is 2. The largest absolute Gasteiger partial charge is 0.431 e. The molecule has 29 heavy (non-hydrogen) atoms. The van der Waals surface area contributed by atoms with E-state index in [1.807, 2.05) is 6.07 Å². The Balaban J connectivity index is 1.55. The Morgan fingerprint density at radius 2 is 2.10 bits per heavy atom. The third-order valence-electron chi connectivity index (χ3n) is 5.56. The topological polar surface area (TPSA) is 89.6 Å². The maximum atomic E-state index is 12.7. The van der Waals surface area contributed by atoms with E-state index in [0.717, 1.165) is 30.9 Å². The van der Waals surface area contributed by atoms with Gasteiger partial charge in [-0.15, -0.1) is 0 Å². The molecule has 2 aromatic heterocycles. The molecule has 3 aliphatic heterocycles. The van der Waals surface area contributed by atoms with Crippen molar-refractivity contribution in [1.29, 1.82) is 0 Å². The fourth-order valence-corrected chi connectivity index (χ4v) is 3.82. The van der Waals surface area contributed by atoms with Crippen molar-refractivity contribution in [3.05, 3.63) is 30.5 Å². The first-order chi connectivity index (χ1) is 14.0. The molecule has 152 valence electrons. The minimum absolute atomic E-state index is 0.00936. The maximum Gasteiger partial charge on any atom is 0.387 e. The Bertz CT molecular complexity index is 968. The van der Waals surface area contributed by atoms with Crippen molar-refractivity contribution in [2.75, 3.05) is 41.8 Å². The van der Waals surface area contributed by atoms with Crippen LogP contribution in [0.5, 0.6) is 5.75 Å². The molecule has 0 spiro atoms. The van der Waals surface area contributed by atoms with Crippen LogP contribution in [0.3, 0.4) is 0 Å². The normalized spacial score (nSPS) is 23.1. The molecular formula is C19H20F2N6O2. The number of pyridine rings is 1. The molecule has 3 saturated heterocycles. The van der Waals surface area contributed by atoms with E-state index >= 15 is 0 Å². The number of nitrogens with two attached hydrogens (primary N) is 1. The molecule has 0 unspecified atom stereocenters. The van der Waals surface area contributed by atoms with E-state index in [2.05, 4.69) is 31.1 Å². The summed E-state index contributed by atoms with van der Waals surface area (Å²) in [6.07, 6.45) is 2.59. The van der Waals surface area contributed by atoms with E-state index < -0.39 is 6.61 Å². The van der Waals surface area contributed by atoms with E-state index in [0.29, 0.717) is 30.4 Å². The lowest BCUT2D eigenvalue weighted by atomic mass is 10.1. The number of nitrogens with zero attached hydrogens (tertiary/aromatic N) is 5. The smallest absolute Gasteiger partial charge is 0.387 e. The number of aromatic nitrogens is 3. The van der Waals surface area contributed by atoms with Crippen LogP contribution in [0.15, 0.2) is 30.5 Å². The zero-order chi connectivity index (χ0) is 20.1. The number of halogens is 2. The number of anilines is 3. The number of ether oxygens (including phenoxy) is 2. The van der Waals surface area contributed by atoms with Gasteiger partial charge in [-0.2, -0.15) is 13.8 Å². The number of alkyl halides is 2. The molecule has 2 N–H and O–H groups in total. The molecular weight excluding hydrogens is 382 g/mol. The molecule has 0 amide bonds. The Morgan fingerprint density at radius 1 is 1.28 bits per heavy atom. The van der Waals surface area contributed by atoms with Gasteiger partial charge in [0.1, 0.15) is 5.82 Å². The Labute approximate surface area is 166 Å². The van der Waals surface area contributed by atoms with Gasteiger partial charge < -0.3 is 25.0 Å². The van der Waals surface area contributed by atoms with Crippen molar-refractivity contribution in [3.8, 4) is 17.0 Å². The van der Waals surface area contributed by atoms with Gasteiger partial charge in [-0.1, -0.05) is 6.58 Å². The summed E-state index contributed by atoms with van der Waals surface area (Å²) in [5.41, 5.74) is 7.82. The molecule has 8 nitrogen and oxygen atoms in total. The Morgan fingerprint density at radius 3 is 2.72 bits per heavy atom. The van der Waals surface area contributed by atoms with E-state index in [9.17, 15) is 8.78 Å². The molecule has 5 heterocycles. The van der Waals surface area contributed by atoms with Crippen LogP contribution in [0.25, 0.3) is 11.3 Å². The highest BCUT2D eigenvalue weighted by Gasteiger charge is 2.43. The second-order valence-electron chi connectivity index (χ2n) is 7.30. The van der Waals surface area contributed by atoms with Gasteiger partial charge in [-0.05, 0) is 18.1 Å². The van der Waals surface area contributed by atoms with E-state index in [1.165, 1.54) is 12.3 Å². The standard InChI is InChI=1S/C19H20F2N6O2/c1-10-13-9-28-15(10)8-27(13)16-6-12(24-19(25-16)26-3-2-4-26)11-5-14(29-18(20)21)17(22)23-7-11/h5-7,13,15,18H,1-4,8-9H2,(H2,22,23)/t13-,15-/m1/s1. The van der Waals surface area contributed by atoms with E-state index in [4.69, 9.17) is 15.5 Å². The van der Waals surface area contributed by atoms with Crippen LogP contribution in [0.1, 0.15) is 6.42 Å². The Kier molecular flexibility index (Phi) is 4.23. The lowest BCUT2D eigenvalue weighted by Gasteiger charge is -2.33. The zero-order valence-electron chi connectivity index (χ0n) is 15.6. The molecule has 2 aromatic rings. The highest BCUT2D eigenvalue weighted by molar-refractivity contribution is 5.69. The summed E-state index contributed by atoms with van der Waals surface area (Å²) < 4.78 is 35.6. The summed E-state index contributed by atoms with van der Waals surface area (Å²) in [6, 6.07) is 3.34. The van der Waals surface area contributed by atoms with Gasteiger partial charge >= 0.3 is 6.61 Å². The molecule has 0 aliphatic carbocycles. The third-order valence-corrected chi connectivity index (χ3v) is 5.56. The number of rotatable bonds is 5. The van der Waals surface area contributed by atoms with Crippen LogP contribution in [-0.4, -0.2) is 60.0 Å². The lowest BCUT2D eigenvalue weighted by molar-refractivity contribution is -0.0494. The van der Waals surface area contributed by atoms with Crippen molar-refractivity contribution in [1.82, 2.24) is 15.0 Å². The number of morpholine rings is 1. The fraction of sp³-hybridized carbons (Fsp3) is 0.421. The van der Waals surface area contributed by atoms with Crippen LogP contribution in [0, 0.1) is 0 Å².